The Labute approximate surface area is 117 Å². The summed E-state index contributed by atoms with van der Waals surface area (Å²) in [5.41, 5.74) is 7.32. The first-order valence-electron chi connectivity index (χ1n) is 6.87. The molecule has 2 aromatic rings. The second-order valence-corrected chi connectivity index (χ2v) is 5.59. The molecule has 1 heterocycles. The van der Waals surface area contributed by atoms with Crippen LogP contribution in [-0.4, -0.2) is 28.0 Å². The van der Waals surface area contributed by atoms with Gasteiger partial charge in [-0.3, -0.25) is 9.78 Å². The van der Waals surface area contributed by atoms with E-state index in [9.17, 15) is 4.79 Å². The van der Waals surface area contributed by atoms with Gasteiger partial charge in [0.2, 0.25) is 0 Å². The Morgan fingerprint density at radius 1 is 1.40 bits per heavy atom. The Morgan fingerprint density at radius 3 is 2.75 bits per heavy atom. The first-order valence-corrected chi connectivity index (χ1v) is 6.87. The van der Waals surface area contributed by atoms with Gasteiger partial charge in [-0.1, -0.05) is 12.1 Å². The van der Waals surface area contributed by atoms with E-state index in [1.54, 1.807) is 0 Å². The summed E-state index contributed by atoms with van der Waals surface area (Å²) in [6.07, 6.45) is 3.76. The maximum absolute atomic E-state index is 12.3. The highest BCUT2D eigenvalue weighted by molar-refractivity contribution is 5.94. The molecule has 1 saturated carbocycles. The summed E-state index contributed by atoms with van der Waals surface area (Å²) in [5, 5.41) is 3.02. The van der Waals surface area contributed by atoms with Crippen LogP contribution in [0.4, 0.5) is 0 Å². The van der Waals surface area contributed by atoms with Crippen LogP contribution >= 0.6 is 0 Å². The Bertz CT molecular complexity index is 653. The molecule has 1 amide bonds. The largest absolute Gasteiger partial charge is 0.344 e. The van der Waals surface area contributed by atoms with E-state index >= 15 is 0 Å². The number of nitrogens with zero attached hydrogens (tertiary/aromatic N) is 2. The van der Waals surface area contributed by atoms with Gasteiger partial charge in [-0.2, -0.15) is 0 Å². The lowest BCUT2D eigenvalue weighted by atomic mass is 9.96. The molecule has 1 unspecified atom stereocenters. The minimum absolute atomic E-state index is 0.205. The number of aromatic nitrogens is 2. The van der Waals surface area contributed by atoms with Gasteiger partial charge in [-0.15, -0.1) is 0 Å². The van der Waals surface area contributed by atoms with Crippen molar-refractivity contribution >= 4 is 16.9 Å². The lowest BCUT2D eigenvalue weighted by Gasteiger charge is -2.29. The molecule has 1 fully saturated rings. The number of carbonyl (C=O) groups excluding carboxylic acids is 1. The minimum atomic E-state index is -0.343. The maximum Gasteiger partial charge on any atom is 0.271 e. The summed E-state index contributed by atoms with van der Waals surface area (Å²) in [5.74, 6) is 0.271. The van der Waals surface area contributed by atoms with Gasteiger partial charge in [0.15, 0.2) is 0 Å². The van der Waals surface area contributed by atoms with Crippen molar-refractivity contribution in [2.24, 2.45) is 11.7 Å². The topological polar surface area (TPSA) is 80.9 Å². The third kappa shape index (κ3) is 2.36. The number of rotatable bonds is 4. The number of fused-ring (bicyclic) bond motifs is 1. The summed E-state index contributed by atoms with van der Waals surface area (Å²) in [4.78, 5) is 20.9. The first-order chi connectivity index (χ1) is 9.62. The smallest absolute Gasteiger partial charge is 0.271 e. The fourth-order valence-corrected chi connectivity index (χ4v) is 2.43. The molecule has 3 rings (SSSR count). The van der Waals surface area contributed by atoms with Crippen molar-refractivity contribution in [3.63, 3.8) is 0 Å². The van der Waals surface area contributed by atoms with E-state index in [0.717, 1.165) is 23.9 Å². The lowest BCUT2D eigenvalue weighted by molar-refractivity contribution is 0.0892. The zero-order valence-electron chi connectivity index (χ0n) is 11.5. The van der Waals surface area contributed by atoms with Crippen molar-refractivity contribution in [2.45, 2.75) is 25.3 Å². The molecule has 1 aromatic heterocycles. The molecule has 5 nitrogen and oxygen atoms in total. The molecule has 1 aliphatic carbocycles. The molecule has 0 aliphatic heterocycles. The highest BCUT2D eigenvalue weighted by Gasteiger charge is 2.41. The van der Waals surface area contributed by atoms with Gasteiger partial charge in [-0.05, 0) is 37.8 Å². The third-order valence-corrected chi connectivity index (χ3v) is 3.98. The van der Waals surface area contributed by atoms with Crippen LogP contribution in [0.3, 0.4) is 0 Å². The van der Waals surface area contributed by atoms with Crippen molar-refractivity contribution in [2.75, 3.05) is 6.54 Å². The van der Waals surface area contributed by atoms with Gasteiger partial charge in [0.05, 0.1) is 22.8 Å². The Hall–Kier alpha value is -2.01. The van der Waals surface area contributed by atoms with E-state index in [-0.39, 0.29) is 11.4 Å². The summed E-state index contributed by atoms with van der Waals surface area (Å²) in [7, 11) is 0. The molecule has 0 radical (unpaired) electrons. The number of nitrogens with two attached hydrogens (primary N) is 1. The predicted octanol–water partition coefficient (Wildman–Crippen LogP) is 1.49. The zero-order chi connectivity index (χ0) is 14.2. The van der Waals surface area contributed by atoms with Crippen molar-refractivity contribution in [1.82, 2.24) is 15.3 Å². The molecule has 5 heteroatoms. The van der Waals surface area contributed by atoms with Crippen LogP contribution in [0.5, 0.6) is 0 Å². The van der Waals surface area contributed by atoms with Crippen LogP contribution in [0.25, 0.3) is 11.0 Å². The van der Waals surface area contributed by atoms with Crippen LogP contribution in [0.2, 0.25) is 0 Å². The number of benzene rings is 1. The standard InChI is InChI=1S/C15H18N4O/c1-15(9-16,10-6-7-10)19-14(20)13-8-17-11-4-2-3-5-12(11)18-13/h2-5,8,10H,6-7,9,16H2,1H3,(H,19,20). The molecule has 1 atom stereocenters. The van der Waals surface area contributed by atoms with Crippen LogP contribution < -0.4 is 11.1 Å². The predicted molar refractivity (Wildman–Crippen MR) is 77.2 cm³/mol. The van der Waals surface area contributed by atoms with Gasteiger partial charge in [0, 0.05) is 6.54 Å². The van der Waals surface area contributed by atoms with E-state index < -0.39 is 0 Å². The molecule has 0 saturated heterocycles. The van der Waals surface area contributed by atoms with E-state index in [2.05, 4.69) is 15.3 Å². The van der Waals surface area contributed by atoms with Gasteiger partial charge >= 0.3 is 0 Å². The monoisotopic (exact) mass is 270 g/mol. The fourth-order valence-electron chi connectivity index (χ4n) is 2.43. The molecule has 20 heavy (non-hydrogen) atoms. The van der Waals surface area contributed by atoms with Crippen LogP contribution in [0.15, 0.2) is 30.5 Å². The number of carbonyl (C=O) groups is 1. The van der Waals surface area contributed by atoms with Gasteiger partial charge in [0.1, 0.15) is 5.69 Å². The van der Waals surface area contributed by atoms with Gasteiger partial charge in [0.25, 0.3) is 5.91 Å². The molecule has 104 valence electrons. The summed E-state index contributed by atoms with van der Waals surface area (Å²) < 4.78 is 0. The number of amides is 1. The minimum Gasteiger partial charge on any atom is -0.344 e. The molecule has 1 aromatic carbocycles. The van der Waals surface area contributed by atoms with Crippen molar-refractivity contribution in [3.8, 4) is 0 Å². The van der Waals surface area contributed by atoms with E-state index in [4.69, 9.17) is 5.73 Å². The van der Waals surface area contributed by atoms with Crippen LogP contribution in [0.1, 0.15) is 30.3 Å². The molecular formula is C15H18N4O. The first kappa shape index (κ1) is 13.0. The van der Waals surface area contributed by atoms with Crippen LogP contribution in [0, 0.1) is 5.92 Å². The number of para-hydroxylation sites is 2. The van der Waals surface area contributed by atoms with Crippen LogP contribution in [-0.2, 0) is 0 Å². The molecule has 3 N–H and O–H groups in total. The van der Waals surface area contributed by atoms with Crippen molar-refractivity contribution < 1.29 is 4.79 Å². The second-order valence-electron chi connectivity index (χ2n) is 5.59. The van der Waals surface area contributed by atoms with Crippen molar-refractivity contribution in [3.05, 3.63) is 36.2 Å². The number of hydrogen-bond acceptors (Lipinski definition) is 4. The average molecular weight is 270 g/mol. The lowest BCUT2D eigenvalue weighted by Crippen LogP contribution is -2.53. The SMILES string of the molecule is CC(CN)(NC(=O)c1cnc2ccccc2n1)C1CC1. The maximum atomic E-state index is 12.3. The molecule has 0 bridgehead atoms. The van der Waals surface area contributed by atoms with Gasteiger partial charge in [-0.25, -0.2) is 4.98 Å². The molecular weight excluding hydrogens is 252 g/mol. The zero-order valence-corrected chi connectivity index (χ0v) is 11.5. The number of hydrogen-bond donors (Lipinski definition) is 2. The summed E-state index contributed by atoms with van der Waals surface area (Å²) in [6, 6.07) is 7.50. The number of nitrogens with one attached hydrogen (secondary N) is 1. The van der Waals surface area contributed by atoms with E-state index in [1.807, 2.05) is 31.2 Å². The fraction of sp³-hybridized carbons (Fsp3) is 0.400. The van der Waals surface area contributed by atoms with E-state index in [1.165, 1.54) is 6.20 Å². The highest BCUT2D eigenvalue weighted by Crippen LogP contribution is 2.39. The van der Waals surface area contributed by atoms with Crippen molar-refractivity contribution in [1.29, 1.82) is 0 Å². The van der Waals surface area contributed by atoms with Gasteiger partial charge < -0.3 is 11.1 Å². The Kier molecular flexibility index (Phi) is 3.14. The Balaban J connectivity index is 1.84. The second kappa shape index (κ2) is 4.83. The molecule has 1 aliphatic rings. The average Bonchev–Trinajstić information content (AvgIpc) is 3.31. The quantitative estimate of drug-likeness (QED) is 0.882. The Morgan fingerprint density at radius 2 is 2.10 bits per heavy atom. The molecule has 0 spiro atoms. The van der Waals surface area contributed by atoms with E-state index in [0.29, 0.717) is 18.2 Å². The third-order valence-electron chi connectivity index (χ3n) is 3.98. The summed E-state index contributed by atoms with van der Waals surface area (Å²) >= 11 is 0. The highest BCUT2D eigenvalue weighted by atomic mass is 16.2. The normalized spacial score (nSPS) is 17.7. The summed E-state index contributed by atoms with van der Waals surface area (Å²) in [6.45, 7) is 2.43.